The standard InChI is InChI=1S/C34H24N4/c1-5-13-23(14-6-1)30-27-21-22-28-29(32(27)38-34(36-30)26-19-11-4-12-20-26)31(24-15-7-2-8-16-24)37-33(35-28)25-17-9-3-10-18-25/h1-11,13-19,21-22H,12,20H2. The van der Waals surface area contributed by atoms with Crippen LogP contribution in [0.1, 0.15) is 18.7 Å². The molecule has 0 fully saturated rings. The first-order valence-corrected chi connectivity index (χ1v) is 12.9. The van der Waals surface area contributed by atoms with E-state index in [0.717, 1.165) is 74.1 Å². The molecule has 1 aliphatic rings. The van der Waals surface area contributed by atoms with Crippen LogP contribution in [0.15, 0.2) is 121 Å². The quantitative estimate of drug-likeness (QED) is 0.234. The molecule has 0 bridgehead atoms. The maximum Gasteiger partial charge on any atom is 0.160 e. The number of nitrogens with zero attached hydrogens (tertiary/aromatic N) is 4. The van der Waals surface area contributed by atoms with E-state index in [1.54, 1.807) is 0 Å². The molecule has 0 unspecified atom stereocenters. The number of aromatic nitrogens is 4. The molecule has 7 rings (SSSR count). The molecule has 4 aromatic carbocycles. The van der Waals surface area contributed by atoms with Crippen molar-refractivity contribution in [3.63, 3.8) is 0 Å². The molecule has 0 spiro atoms. The molecule has 0 saturated heterocycles. The van der Waals surface area contributed by atoms with E-state index in [-0.39, 0.29) is 0 Å². The highest BCUT2D eigenvalue weighted by atomic mass is 14.9. The molecule has 0 aliphatic heterocycles. The molecule has 6 aromatic rings. The smallest absolute Gasteiger partial charge is 0.160 e. The van der Waals surface area contributed by atoms with Gasteiger partial charge in [0, 0.05) is 22.1 Å². The maximum atomic E-state index is 5.21. The fourth-order valence-corrected chi connectivity index (χ4v) is 5.08. The van der Waals surface area contributed by atoms with Crippen molar-refractivity contribution in [2.75, 3.05) is 0 Å². The van der Waals surface area contributed by atoms with Gasteiger partial charge in [0.25, 0.3) is 0 Å². The first-order valence-electron chi connectivity index (χ1n) is 12.9. The molecule has 38 heavy (non-hydrogen) atoms. The minimum absolute atomic E-state index is 0.703. The molecule has 4 heteroatoms. The molecule has 0 radical (unpaired) electrons. The molecule has 0 N–H and O–H groups in total. The van der Waals surface area contributed by atoms with Gasteiger partial charge in [0.1, 0.15) is 0 Å². The highest BCUT2D eigenvalue weighted by Gasteiger charge is 2.20. The summed E-state index contributed by atoms with van der Waals surface area (Å²) in [5, 5.41) is 1.94. The third-order valence-corrected chi connectivity index (χ3v) is 6.95. The zero-order valence-electron chi connectivity index (χ0n) is 20.8. The molecule has 1 aliphatic carbocycles. The van der Waals surface area contributed by atoms with Crippen molar-refractivity contribution in [3.8, 4) is 33.9 Å². The zero-order valence-corrected chi connectivity index (χ0v) is 20.8. The average Bonchev–Trinajstić information content (AvgIpc) is 3.01. The van der Waals surface area contributed by atoms with Crippen LogP contribution in [0.3, 0.4) is 0 Å². The lowest BCUT2D eigenvalue weighted by Gasteiger charge is -2.16. The van der Waals surface area contributed by atoms with Gasteiger partial charge < -0.3 is 0 Å². The molecule has 2 heterocycles. The molecule has 0 amide bonds. The van der Waals surface area contributed by atoms with Crippen LogP contribution in [-0.2, 0) is 0 Å². The van der Waals surface area contributed by atoms with Crippen LogP contribution in [0.5, 0.6) is 0 Å². The summed E-state index contributed by atoms with van der Waals surface area (Å²) < 4.78 is 0. The van der Waals surface area contributed by atoms with E-state index < -0.39 is 0 Å². The van der Waals surface area contributed by atoms with E-state index in [1.165, 1.54) is 0 Å². The van der Waals surface area contributed by atoms with Crippen molar-refractivity contribution >= 4 is 27.4 Å². The van der Waals surface area contributed by atoms with Gasteiger partial charge in [-0.05, 0) is 30.5 Å². The van der Waals surface area contributed by atoms with E-state index in [4.69, 9.17) is 19.9 Å². The van der Waals surface area contributed by atoms with Gasteiger partial charge in [-0.3, -0.25) is 0 Å². The van der Waals surface area contributed by atoms with Gasteiger partial charge in [0.2, 0.25) is 0 Å². The van der Waals surface area contributed by atoms with Crippen molar-refractivity contribution < 1.29 is 0 Å². The third kappa shape index (κ3) is 3.97. The van der Waals surface area contributed by atoms with E-state index >= 15 is 0 Å². The Kier molecular flexibility index (Phi) is 5.56. The topological polar surface area (TPSA) is 51.6 Å². The lowest BCUT2D eigenvalue weighted by Crippen LogP contribution is -2.02. The van der Waals surface area contributed by atoms with Gasteiger partial charge in [-0.25, -0.2) is 19.9 Å². The maximum absolute atomic E-state index is 5.21. The fraction of sp³-hybridized carbons (Fsp3) is 0.0588. The summed E-state index contributed by atoms with van der Waals surface area (Å²) in [4.78, 5) is 20.5. The van der Waals surface area contributed by atoms with E-state index in [1.807, 2.05) is 54.6 Å². The summed E-state index contributed by atoms with van der Waals surface area (Å²) in [6, 6.07) is 35.0. The lowest BCUT2D eigenvalue weighted by atomic mass is 9.98. The number of allylic oxidation sites excluding steroid dienone is 4. The van der Waals surface area contributed by atoms with Crippen molar-refractivity contribution in [1.82, 2.24) is 19.9 Å². The van der Waals surface area contributed by atoms with Gasteiger partial charge >= 0.3 is 0 Å². The molecule has 4 nitrogen and oxygen atoms in total. The number of benzene rings is 4. The molecule has 180 valence electrons. The second kappa shape index (κ2) is 9.49. The zero-order chi connectivity index (χ0) is 25.3. The molecular weight excluding hydrogens is 464 g/mol. The Morgan fingerprint density at radius 2 is 1.16 bits per heavy atom. The summed E-state index contributed by atoms with van der Waals surface area (Å²) >= 11 is 0. The Bertz CT molecular complexity index is 1840. The molecule has 0 saturated carbocycles. The summed E-state index contributed by atoms with van der Waals surface area (Å²) in [6.07, 6.45) is 8.32. The van der Waals surface area contributed by atoms with E-state index in [9.17, 15) is 0 Å². The summed E-state index contributed by atoms with van der Waals surface area (Å²) in [5.74, 6) is 1.47. The Morgan fingerprint density at radius 1 is 0.526 bits per heavy atom. The lowest BCUT2D eigenvalue weighted by molar-refractivity contribution is 1.02. The van der Waals surface area contributed by atoms with E-state index in [0.29, 0.717) is 5.82 Å². The van der Waals surface area contributed by atoms with Gasteiger partial charge in [0.15, 0.2) is 11.6 Å². The minimum Gasteiger partial charge on any atom is -0.228 e. The van der Waals surface area contributed by atoms with Crippen LogP contribution in [0.2, 0.25) is 0 Å². The van der Waals surface area contributed by atoms with Crippen LogP contribution in [0, 0.1) is 0 Å². The third-order valence-electron chi connectivity index (χ3n) is 6.95. The number of rotatable bonds is 4. The van der Waals surface area contributed by atoms with Gasteiger partial charge in [0.05, 0.1) is 27.8 Å². The van der Waals surface area contributed by atoms with Crippen LogP contribution in [0.25, 0.3) is 61.3 Å². The first kappa shape index (κ1) is 22.3. The van der Waals surface area contributed by atoms with Gasteiger partial charge in [-0.2, -0.15) is 0 Å². The second-order valence-corrected chi connectivity index (χ2v) is 9.40. The molecule has 0 atom stereocenters. The van der Waals surface area contributed by atoms with Crippen LogP contribution in [0.4, 0.5) is 0 Å². The largest absolute Gasteiger partial charge is 0.228 e. The summed E-state index contributed by atoms with van der Waals surface area (Å²) in [7, 11) is 0. The normalized spacial score (nSPS) is 13.1. The van der Waals surface area contributed by atoms with Gasteiger partial charge in [-0.15, -0.1) is 0 Å². The number of fused-ring (bicyclic) bond motifs is 3. The minimum atomic E-state index is 0.703. The van der Waals surface area contributed by atoms with Gasteiger partial charge in [-0.1, -0.05) is 109 Å². The van der Waals surface area contributed by atoms with Crippen molar-refractivity contribution in [2.24, 2.45) is 0 Å². The highest BCUT2D eigenvalue weighted by Crippen LogP contribution is 2.37. The SMILES string of the molecule is C1=CCCC(c2nc(-c3ccccc3)c3ccc4nc(-c5ccccc5)nc(-c5ccccc5)c4c3n2)=C1. The highest BCUT2D eigenvalue weighted by molar-refractivity contribution is 6.13. The monoisotopic (exact) mass is 488 g/mol. The van der Waals surface area contributed by atoms with Crippen molar-refractivity contribution in [1.29, 1.82) is 0 Å². The predicted molar refractivity (Wildman–Crippen MR) is 155 cm³/mol. The molecular formula is C34H24N4. The van der Waals surface area contributed by atoms with E-state index in [2.05, 4.69) is 66.8 Å². The fourth-order valence-electron chi connectivity index (χ4n) is 5.08. The Morgan fingerprint density at radius 3 is 1.82 bits per heavy atom. The van der Waals surface area contributed by atoms with Crippen molar-refractivity contribution in [2.45, 2.75) is 12.8 Å². The number of hydrogen-bond donors (Lipinski definition) is 0. The second-order valence-electron chi connectivity index (χ2n) is 9.40. The average molecular weight is 489 g/mol. The summed E-state index contributed by atoms with van der Waals surface area (Å²) in [6.45, 7) is 0. The first-order chi connectivity index (χ1) is 18.8. The van der Waals surface area contributed by atoms with Crippen LogP contribution in [-0.4, -0.2) is 19.9 Å². The Labute approximate surface area is 221 Å². The van der Waals surface area contributed by atoms with Crippen LogP contribution < -0.4 is 0 Å². The Hall–Kier alpha value is -4.96. The number of hydrogen-bond acceptors (Lipinski definition) is 4. The predicted octanol–water partition coefficient (Wildman–Crippen LogP) is 8.31. The van der Waals surface area contributed by atoms with Crippen molar-refractivity contribution in [3.05, 3.63) is 127 Å². The van der Waals surface area contributed by atoms with Crippen LogP contribution >= 0.6 is 0 Å². The Balaban J connectivity index is 1.60. The molecule has 2 aromatic heterocycles. The summed E-state index contributed by atoms with van der Waals surface area (Å²) in [5.41, 5.74) is 7.77.